The number of rotatable bonds is 2. The summed E-state index contributed by atoms with van der Waals surface area (Å²) < 4.78 is 0. The monoisotopic (exact) mass is 468 g/mol. The van der Waals surface area contributed by atoms with Gasteiger partial charge in [-0.05, 0) is 12.8 Å². The SMILES string of the molecule is Oc1c(Cl)c(O)c(C2(c3c(O)c(Cl)c(O)c(Cl)c3O)CCCCC2)c(O)c1Cl. The fourth-order valence-corrected chi connectivity index (χ4v) is 4.84. The third-order valence-electron chi connectivity index (χ3n) is 5.27. The summed E-state index contributed by atoms with van der Waals surface area (Å²) in [6.07, 6.45) is 2.53. The highest BCUT2D eigenvalue weighted by Gasteiger charge is 2.46. The second-order valence-electron chi connectivity index (χ2n) is 6.74. The van der Waals surface area contributed by atoms with Crippen LogP contribution in [0.4, 0.5) is 0 Å². The Balaban J connectivity index is 2.48. The van der Waals surface area contributed by atoms with E-state index in [-0.39, 0.29) is 24.0 Å². The zero-order valence-corrected chi connectivity index (χ0v) is 17.3. The first-order chi connectivity index (χ1) is 13.1. The van der Waals surface area contributed by atoms with E-state index in [1.807, 2.05) is 0 Å². The highest BCUT2D eigenvalue weighted by molar-refractivity contribution is 6.40. The van der Waals surface area contributed by atoms with E-state index in [0.717, 1.165) is 6.42 Å². The predicted octanol–water partition coefficient (Wildman–Crippen LogP) is 5.78. The van der Waals surface area contributed by atoms with E-state index in [4.69, 9.17) is 46.4 Å². The summed E-state index contributed by atoms with van der Waals surface area (Å²) in [5, 5.41) is 60.5. The molecular weight excluding hydrogens is 454 g/mol. The van der Waals surface area contributed by atoms with Crippen LogP contribution in [0, 0.1) is 0 Å². The first kappa shape index (κ1) is 21.1. The van der Waals surface area contributed by atoms with E-state index in [0.29, 0.717) is 12.8 Å². The Bertz CT molecular complexity index is 840. The molecule has 0 saturated heterocycles. The van der Waals surface area contributed by atoms with Crippen molar-refractivity contribution in [3.63, 3.8) is 0 Å². The molecule has 1 aliphatic rings. The van der Waals surface area contributed by atoms with Crippen LogP contribution < -0.4 is 0 Å². The van der Waals surface area contributed by atoms with Crippen LogP contribution in [0.15, 0.2) is 0 Å². The van der Waals surface area contributed by atoms with Crippen LogP contribution >= 0.6 is 46.4 Å². The van der Waals surface area contributed by atoms with Gasteiger partial charge in [0.25, 0.3) is 0 Å². The van der Waals surface area contributed by atoms with Crippen molar-refractivity contribution in [3.05, 3.63) is 31.2 Å². The van der Waals surface area contributed by atoms with Gasteiger partial charge in [0.05, 0.1) is 0 Å². The number of phenolic OH excluding ortho intramolecular Hbond substituents is 6. The van der Waals surface area contributed by atoms with Gasteiger partial charge in [-0.2, -0.15) is 0 Å². The maximum Gasteiger partial charge on any atom is 0.160 e. The fourth-order valence-electron chi connectivity index (χ4n) is 3.99. The third-order valence-corrected chi connectivity index (χ3v) is 6.71. The number of aromatic hydroxyl groups is 6. The van der Waals surface area contributed by atoms with Crippen LogP contribution in [0.1, 0.15) is 43.2 Å². The van der Waals surface area contributed by atoms with Gasteiger partial charge >= 0.3 is 0 Å². The van der Waals surface area contributed by atoms with Crippen molar-refractivity contribution >= 4 is 46.4 Å². The van der Waals surface area contributed by atoms with Gasteiger partial charge < -0.3 is 30.6 Å². The zero-order valence-electron chi connectivity index (χ0n) is 14.2. The molecule has 0 spiro atoms. The lowest BCUT2D eigenvalue weighted by molar-refractivity contribution is 0.297. The van der Waals surface area contributed by atoms with Gasteiger partial charge in [-0.15, -0.1) is 0 Å². The van der Waals surface area contributed by atoms with E-state index in [1.165, 1.54) is 0 Å². The van der Waals surface area contributed by atoms with Crippen molar-refractivity contribution in [1.82, 2.24) is 0 Å². The second-order valence-corrected chi connectivity index (χ2v) is 8.25. The van der Waals surface area contributed by atoms with Gasteiger partial charge in [0, 0.05) is 16.5 Å². The molecule has 28 heavy (non-hydrogen) atoms. The molecule has 0 bridgehead atoms. The minimum Gasteiger partial charge on any atom is -0.506 e. The minimum atomic E-state index is -1.39. The molecule has 2 aromatic carbocycles. The molecule has 1 fully saturated rings. The standard InChI is InChI=1S/C18H16Cl4O6/c19-8-12(23)6(13(24)9(20)16(8)27)18(4-2-1-3-5-18)7-14(25)10(21)17(28)11(22)15(7)26/h23-28H,1-5H2. The molecule has 0 unspecified atom stereocenters. The van der Waals surface area contributed by atoms with Crippen LogP contribution in [0.25, 0.3) is 0 Å². The first-order valence-corrected chi connectivity index (χ1v) is 9.82. The quantitative estimate of drug-likeness (QED) is 0.331. The largest absolute Gasteiger partial charge is 0.506 e. The third kappa shape index (κ3) is 2.86. The second kappa shape index (κ2) is 7.34. The summed E-state index contributed by atoms with van der Waals surface area (Å²) >= 11 is 23.9. The summed E-state index contributed by atoms with van der Waals surface area (Å²) in [4.78, 5) is 0. The Morgan fingerprint density at radius 1 is 0.464 bits per heavy atom. The molecule has 0 amide bonds. The van der Waals surface area contributed by atoms with E-state index < -0.39 is 60.0 Å². The van der Waals surface area contributed by atoms with Gasteiger partial charge in [-0.25, -0.2) is 0 Å². The molecule has 6 N–H and O–H groups in total. The van der Waals surface area contributed by atoms with Gasteiger partial charge in [-0.1, -0.05) is 65.7 Å². The summed E-state index contributed by atoms with van der Waals surface area (Å²) in [6.45, 7) is 0. The maximum atomic E-state index is 10.6. The lowest BCUT2D eigenvalue weighted by Gasteiger charge is -2.40. The number of benzene rings is 2. The van der Waals surface area contributed by atoms with Gasteiger partial charge in [0.2, 0.25) is 0 Å². The summed E-state index contributed by atoms with van der Waals surface area (Å²) in [6, 6.07) is 0. The van der Waals surface area contributed by atoms with E-state index in [9.17, 15) is 30.6 Å². The first-order valence-electron chi connectivity index (χ1n) is 8.30. The normalized spacial score (nSPS) is 16.3. The predicted molar refractivity (Wildman–Crippen MR) is 107 cm³/mol. The summed E-state index contributed by atoms with van der Waals surface area (Å²) in [7, 11) is 0. The number of phenols is 6. The molecule has 3 rings (SSSR count). The number of hydrogen-bond donors (Lipinski definition) is 6. The lowest BCUT2D eigenvalue weighted by atomic mass is 9.64. The number of halogens is 4. The Hall–Kier alpha value is -1.60. The van der Waals surface area contributed by atoms with Crippen molar-refractivity contribution in [2.75, 3.05) is 0 Å². The smallest absolute Gasteiger partial charge is 0.160 e. The van der Waals surface area contributed by atoms with Crippen LogP contribution in [0.2, 0.25) is 20.1 Å². The Morgan fingerprint density at radius 2 is 0.750 bits per heavy atom. The topological polar surface area (TPSA) is 121 Å². The molecule has 0 aromatic heterocycles. The maximum absolute atomic E-state index is 10.6. The van der Waals surface area contributed by atoms with Crippen molar-refractivity contribution in [3.8, 4) is 34.5 Å². The van der Waals surface area contributed by atoms with Crippen LogP contribution in [-0.4, -0.2) is 30.6 Å². The average molecular weight is 470 g/mol. The highest BCUT2D eigenvalue weighted by Crippen LogP contribution is 2.62. The Labute approximate surface area is 180 Å². The summed E-state index contributed by atoms with van der Waals surface area (Å²) in [5.74, 6) is -4.01. The fraction of sp³-hybridized carbons (Fsp3) is 0.333. The lowest BCUT2D eigenvalue weighted by Crippen LogP contribution is -2.31. The molecule has 0 heterocycles. The molecule has 152 valence electrons. The van der Waals surface area contributed by atoms with Crippen molar-refractivity contribution < 1.29 is 30.6 Å². The molecular formula is C18H16Cl4O6. The van der Waals surface area contributed by atoms with Crippen molar-refractivity contribution in [1.29, 1.82) is 0 Å². The minimum absolute atomic E-state index is 0.177. The molecule has 1 aliphatic carbocycles. The van der Waals surface area contributed by atoms with Crippen LogP contribution in [0.5, 0.6) is 34.5 Å². The summed E-state index contributed by atoms with van der Waals surface area (Å²) in [5.41, 5.74) is -1.74. The van der Waals surface area contributed by atoms with Crippen LogP contribution in [0.3, 0.4) is 0 Å². The molecule has 0 aliphatic heterocycles. The molecule has 6 nitrogen and oxygen atoms in total. The van der Waals surface area contributed by atoms with E-state index in [1.54, 1.807) is 0 Å². The van der Waals surface area contributed by atoms with E-state index in [2.05, 4.69) is 0 Å². The highest BCUT2D eigenvalue weighted by atomic mass is 35.5. The van der Waals surface area contributed by atoms with Crippen LogP contribution in [-0.2, 0) is 5.41 Å². The van der Waals surface area contributed by atoms with Crippen molar-refractivity contribution in [2.45, 2.75) is 37.5 Å². The number of hydrogen-bond acceptors (Lipinski definition) is 6. The van der Waals surface area contributed by atoms with Gasteiger partial charge in [0.1, 0.15) is 43.1 Å². The molecule has 0 radical (unpaired) electrons. The van der Waals surface area contributed by atoms with Crippen molar-refractivity contribution in [2.24, 2.45) is 0 Å². The molecule has 10 heteroatoms. The molecule has 2 aromatic rings. The van der Waals surface area contributed by atoms with Gasteiger partial charge in [-0.3, -0.25) is 0 Å². The Kier molecular flexibility index (Phi) is 5.53. The molecule has 0 atom stereocenters. The average Bonchev–Trinajstić information content (AvgIpc) is 2.68. The van der Waals surface area contributed by atoms with E-state index >= 15 is 0 Å². The van der Waals surface area contributed by atoms with Gasteiger partial charge in [0.15, 0.2) is 11.5 Å². The molecule has 1 saturated carbocycles. The zero-order chi connectivity index (χ0) is 21.0. The Morgan fingerprint density at radius 3 is 1.04 bits per heavy atom.